The fourth-order valence-electron chi connectivity index (χ4n) is 2.75. The maximum atomic E-state index is 12.4. The average molecular weight is 391 g/mol. The minimum absolute atomic E-state index is 0.162. The van der Waals surface area contributed by atoms with Gasteiger partial charge in [0.05, 0.1) is 6.54 Å². The third kappa shape index (κ3) is 4.32. The van der Waals surface area contributed by atoms with Gasteiger partial charge in [0, 0.05) is 48.6 Å². The fourth-order valence-corrected chi connectivity index (χ4v) is 2.75. The molecule has 4 aromatic rings. The molecule has 0 aliphatic carbocycles. The second-order valence-electron chi connectivity index (χ2n) is 6.41. The maximum Gasteiger partial charge on any atom is 0.336 e. The summed E-state index contributed by atoms with van der Waals surface area (Å²) in [6.07, 6.45) is 3.35. The van der Waals surface area contributed by atoms with E-state index in [2.05, 4.69) is 10.1 Å². The lowest BCUT2D eigenvalue weighted by molar-refractivity contribution is -0.132. The van der Waals surface area contributed by atoms with Crippen molar-refractivity contribution in [3.63, 3.8) is 0 Å². The van der Waals surface area contributed by atoms with Crippen molar-refractivity contribution < 1.29 is 18.5 Å². The zero-order valence-corrected chi connectivity index (χ0v) is 15.6. The van der Waals surface area contributed by atoms with Gasteiger partial charge in [0.15, 0.2) is 12.4 Å². The van der Waals surface area contributed by atoms with E-state index in [0.29, 0.717) is 22.8 Å². The Labute approximate surface area is 165 Å². The number of aromatic nitrogens is 2. The van der Waals surface area contributed by atoms with E-state index in [-0.39, 0.29) is 19.1 Å². The van der Waals surface area contributed by atoms with E-state index in [9.17, 15) is 9.59 Å². The molecule has 8 nitrogen and oxygen atoms in total. The molecule has 8 heteroatoms. The highest BCUT2D eigenvalue weighted by Crippen LogP contribution is 2.20. The number of rotatable bonds is 6. The third-order valence-corrected chi connectivity index (χ3v) is 4.31. The largest absolute Gasteiger partial charge is 0.484 e. The molecule has 3 aromatic heterocycles. The first-order valence-electron chi connectivity index (χ1n) is 8.85. The van der Waals surface area contributed by atoms with Crippen LogP contribution in [0, 0.1) is 0 Å². The number of fused-ring (bicyclic) bond motifs is 1. The van der Waals surface area contributed by atoms with Crippen molar-refractivity contribution in [1.82, 2.24) is 15.0 Å². The molecular formula is C21H17N3O5. The first-order chi connectivity index (χ1) is 14.1. The van der Waals surface area contributed by atoms with Gasteiger partial charge in [-0.3, -0.25) is 9.78 Å². The van der Waals surface area contributed by atoms with Crippen LogP contribution in [0.15, 0.2) is 74.7 Å². The van der Waals surface area contributed by atoms with Crippen molar-refractivity contribution in [2.24, 2.45) is 0 Å². The summed E-state index contributed by atoms with van der Waals surface area (Å²) >= 11 is 0. The minimum Gasteiger partial charge on any atom is -0.484 e. The second kappa shape index (κ2) is 7.97. The molecule has 4 rings (SSSR count). The number of likely N-dealkylation sites (N-methyl/N-ethyl adjacent to an activating group) is 1. The zero-order valence-electron chi connectivity index (χ0n) is 15.6. The van der Waals surface area contributed by atoms with E-state index in [0.717, 1.165) is 10.9 Å². The summed E-state index contributed by atoms with van der Waals surface area (Å²) in [6, 6.07) is 13.5. The number of hydrogen-bond acceptors (Lipinski definition) is 7. The van der Waals surface area contributed by atoms with Gasteiger partial charge in [-0.15, -0.1) is 0 Å². The number of pyridine rings is 1. The Balaban J connectivity index is 1.36. The van der Waals surface area contributed by atoms with Gasteiger partial charge in [-0.05, 0) is 30.3 Å². The Morgan fingerprint density at radius 2 is 1.90 bits per heavy atom. The molecule has 0 spiro atoms. The lowest BCUT2D eigenvalue weighted by Gasteiger charge is -2.15. The summed E-state index contributed by atoms with van der Waals surface area (Å²) in [7, 11) is 1.65. The van der Waals surface area contributed by atoms with Crippen molar-refractivity contribution >= 4 is 16.9 Å². The molecular weight excluding hydrogens is 374 g/mol. The molecule has 1 amide bonds. The van der Waals surface area contributed by atoms with Crippen LogP contribution in [0.1, 0.15) is 5.76 Å². The monoisotopic (exact) mass is 391 g/mol. The van der Waals surface area contributed by atoms with Crippen LogP contribution in [-0.4, -0.2) is 34.6 Å². The van der Waals surface area contributed by atoms with E-state index in [1.807, 2.05) is 12.1 Å². The van der Waals surface area contributed by atoms with Gasteiger partial charge in [0.1, 0.15) is 17.0 Å². The zero-order chi connectivity index (χ0) is 20.2. The standard InChI is InChI=1S/C21H17N3O5/c1-24(12-17-10-18(23-29-17)14-6-8-22-9-7-14)20(25)13-27-16-4-2-15-3-5-21(26)28-19(15)11-16/h2-11H,12-13H2,1H3. The van der Waals surface area contributed by atoms with Crippen LogP contribution in [0.5, 0.6) is 5.75 Å². The fraction of sp³-hybridized carbons (Fsp3) is 0.143. The van der Waals surface area contributed by atoms with E-state index >= 15 is 0 Å². The van der Waals surface area contributed by atoms with E-state index in [1.165, 1.54) is 11.0 Å². The Hall–Kier alpha value is -3.94. The van der Waals surface area contributed by atoms with Gasteiger partial charge in [0.25, 0.3) is 5.91 Å². The highest BCUT2D eigenvalue weighted by atomic mass is 16.5. The number of carbonyl (C=O) groups is 1. The molecule has 146 valence electrons. The molecule has 0 fully saturated rings. The highest BCUT2D eigenvalue weighted by Gasteiger charge is 2.14. The van der Waals surface area contributed by atoms with Crippen LogP contribution in [0.4, 0.5) is 0 Å². The van der Waals surface area contributed by atoms with E-state index in [1.54, 1.807) is 49.8 Å². The number of benzene rings is 1. The molecule has 0 aliphatic rings. The maximum absolute atomic E-state index is 12.4. The smallest absolute Gasteiger partial charge is 0.336 e. The molecule has 0 N–H and O–H groups in total. The highest BCUT2D eigenvalue weighted by molar-refractivity contribution is 5.79. The van der Waals surface area contributed by atoms with Crippen molar-refractivity contribution in [2.45, 2.75) is 6.54 Å². The molecule has 0 bridgehead atoms. The molecule has 0 saturated heterocycles. The summed E-state index contributed by atoms with van der Waals surface area (Å²) in [4.78, 5) is 29.2. The number of nitrogens with zero attached hydrogens (tertiary/aromatic N) is 3. The van der Waals surface area contributed by atoms with Crippen molar-refractivity contribution in [3.05, 3.63) is 77.1 Å². The topological polar surface area (TPSA) is 98.7 Å². The number of hydrogen-bond donors (Lipinski definition) is 0. The SMILES string of the molecule is CN(Cc1cc(-c2ccncc2)no1)C(=O)COc1ccc2ccc(=O)oc2c1. The quantitative estimate of drug-likeness (QED) is 0.466. The predicted molar refractivity (Wildman–Crippen MR) is 104 cm³/mol. The summed E-state index contributed by atoms with van der Waals surface area (Å²) in [6.45, 7) is 0.0945. The van der Waals surface area contributed by atoms with Crippen molar-refractivity contribution in [3.8, 4) is 17.0 Å². The molecule has 3 heterocycles. The van der Waals surface area contributed by atoms with Crippen molar-refractivity contribution in [2.75, 3.05) is 13.7 Å². The predicted octanol–water partition coefficient (Wildman–Crippen LogP) is 2.88. The van der Waals surface area contributed by atoms with Crippen LogP contribution < -0.4 is 10.4 Å². The van der Waals surface area contributed by atoms with Crippen LogP contribution >= 0.6 is 0 Å². The van der Waals surface area contributed by atoms with Gasteiger partial charge in [0.2, 0.25) is 0 Å². The number of ether oxygens (including phenoxy) is 1. The number of amides is 1. The average Bonchev–Trinajstić information content (AvgIpc) is 3.20. The van der Waals surface area contributed by atoms with E-state index < -0.39 is 5.63 Å². The normalized spacial score (nSPS) is 10.8. The van der Waals surface area contributed by atoms with Gasteiger partial charge in [-0.2, -0.15) is 0 Å². The molecule has 0 unspecified atom stereocenters. The molecule has 0 aliphatic heterocycles. The first-order valence-corrected chi connectivity index (χ1v) is 8.85. The number of carbonyl (C=O) groups excluding carboxylic acids is 1. The molecule has 29 heavy (non-hydrogen) atoms. The Morgan fingerprint density at radius 3 is 2.72 bits per heavy atom. The summed E-state index contributed by atoms with van der Waals surface area (Å²) < 4.78 is 16.0. The van der Waals surface area contributed by atoms with Gasteiger partial charge in [-0.1, -0.05) is 5.16 Å². The van der Waals surface area contributed by atoms with Gasteiger partial charge in [-0.25, -0.2) is 4.79 Å². The minimum atomic E-state index is -0.441. The first kappa shape index (κ1) is 18.4. The van der Waals surface area contributed by atoms with Gasteiger partial charge >= 0.3 is 5.63 Å². The Morgan fingerprint density at radius 1 is 1.10 bits per heavy atom. The Bertz CT molecular complexity index is 1200. The van der Waals surface area contributed by atoms with Crippen LogP contribution in [0.3, 0.4) is 0 Å². The van der Waals surface area contributed by atoms with Crippen LogP contribution in [0.2, 0.25) is 0 Å². The lowest BCUT2D eigenvalue weighted by Crippen LogP contribution is -2.30. The summed E-state index contributed by atoms with van der Waals surface area (Å²) in [5.41, 5.74) is 1.53. The van der Waals surface area contributed by atoms with Crippen molar-refractivity contribution in [1.29, 1.82) is 0 Å². The second-order valence-corrected chi connectivity index (χ2v) is 6.41. The van der Waals surface area contributed by atoms with E-state index in [4.69, 9.17) is 13.7 Å². The summed E-state index contributed by atoms with van der Waals surface area (Å²) in [5.74, 6) is 0.759. The summed E-state index contributed by atoms with van der Waals surface area (Å²) in [5, 5.41) is 4.79. The molecule has 0 radical (unpaired) electrons. The van der Waals surface area contributed by atoms with Crippen LogP contribution in [0.25, 0.3) is 22.2 Å². The molecule has 1 aromatic carbocycles. The van der Waals surface area contributed by atoms with Gasteiger partial charge < -0.3 is 18.6 Å². The molecule has 0 saturated carbocycles. The molecule has 0 atom stereocenters. The Kier molecular flexibility index (Phi) is 5.07. The third-order valence-electron chi connectivity index (χ3n) is 4.31. The lowest BCUT2D eigenvalue weighted by atomic mass is 10.2. The van der Waals surface area contributed by atoms with Crippen LogP contribution in [-0.2, 0) is 11.3 Å².